The van der Waals surface area contributed by atoms with Crippen LogP contribution in [-0.4, -0.2) is 39.2 Å². The molecule has 0 aromatic heterocycles. The number of rotatable bonds is 8. The second-order valence-corrected chi connectivity index (χ2v) is 7.55. The zero-order chi connectivity index (χ0) is 20.7. The third kappa shape index (κ3) is 5.73. The molecule has 8 nitrogen and oxygen atoms in total. The molecule has 0 fully saturated rings. The molecule has 0 aliphatic carbocycles. The average molecular weight is 404 g/mol. The molecule has 0 saturated carbocycles. The Hall–Kier alpha value is -3.04. The number of hydrogen-bond donors (Lipinski definition) is 2. The summed E-state index contributed by atoms with van der Waals surface area (Å²) < 4.78 is 31.1. The maximum Gasteiger partial charge on any atom is 0.338 e. The Balaban J connectivity index is 1.96. The Labute approximate surface area is 163 Å². The minimum absolute atomic E-state index is 0.0289. The number of Topliss-reactive ketones (excluding diaryl/α,β-unsaturated/α-hetero) is 1. The van der Waals surface area contributed by atoms with E-state index in [1.807, 2.05) is 0 Å². The van der Waals surface area contributed by atoms with Gasteiger partial charge < -0.3 is 10.1 Å². The van der Waals surface area contributed by atoms with Crippen LogP contribution < -0.4 is 10.0 Å². The number of hydrogen-bond acceptors (Lipinski definition) is 6. The van der Waals surface area contributed by atoms with Crippen molar-refractivity contribution in [2.45, 2.75) is 18.7 Å². The van der Waals surface area contributed by atoms with E-state index in [0.717, 1.165) is 0 Å². The maximum atomic E-state index is 12.1. The predicted molar refractivity (Wildman–Crippen MR) is 103 cm³/mol. The monoisotopic (exact) mass is 404 g/mol. The molecule has 2 rings (SSSR count). The van der Waals surface area contributed by atoms with Crippen molar-refractivity contribution < 1.29 is 27.5 Å². The van der Waals surface area contributed by atoms with E-state index in [1.165, 1.54) is 43.3 Å². The number of sulfonamides is 1. The van der Waals surface area contributed by atoms with E-state index in [9.17, 15) is 22.8 Å². The maximum absolute atomic E-state index is 12.1. The van der Waals surface area contributed by atoms with Gasteiger partial charge in [-0.1, -0.05) is 6.92 Å². The Morgan fingerprint density at radius 1 is 0.929 bits per heavy atom. The van der Waals surface area contributed by atoms with Gasteiger partial charge in [-0.2, -0.15) is 0 Å². The fourth-order valence-corrected chi connectivity index (χ4v) is 3.33. The highest BCUT2D eigenvalue weighted by Crippen LogP contribution is 2.13. The highest BCUT2D eigenvalue weighted by molar-refractivity contribution is 7.89. The lowest BCUT2D eigenvalue weighted by atomic mass is 10.1. The fraction of sp³-hybridized carbons (Fsp3) is 0.211. The number of nitrogens with one attached hydrogen (secondary N) is 2. The van der Waals surface area contributed by atoms with Gasteiger partial charge in [0.25, 0.3) is 0 Å². The van der Waals surface area contributed by atoms with E-state index in [-0.39, 0.29) is 22.9 Å². The molecule has 0 unspecified atom stereocenters. The van der Waals surface area contributed by atoms with Gasteiger partial charge in [-0.15, -0.1) is 0 Å². The van der Waals surface area contributed by atoms with Crippen LogP contribution in [0, 0.1) is 0 Å². The standard InChI is InChI=1S/C19H20N2O6S/c1-3-20-28(25,26)17-10-6-15(7-11-17)19(24)27-12-18(23)14-4-8-16(9-5-14)21-13(2)22/h4-11,20H,3,12H2,1-2H3,(H,21,22). The number of amides is 1. The lowest BCUT2D eigenvalue weighted by Gasteiger charge is -2.07. The first-order valence-electron chi connectivity index (χ1n) is 8.40. The number of carbonyl (C=O) groups is 3. The molecule has 148 valence electrons. The van der Waals surface area contributed by atoms with Crippen LogP contribution in [0.15, 0.2) is 53.4 Å². The van der Waals surface area contributed by atoms with Crippen LogP contribution in [0.2, 0.25) is 0 Å². The number of esters is 1. The van der Waals surface area contributed by atoms with Crippen LogP contribution in [0.25, 0.3) is 0 Å². The number of anilines is 1. The lowest BCUT2D eigenvalue weighted by molar-refractivity contribution is -0.114. The Kier molecular flexibility index (Phi) is 7.02. The Morgan fingerprint density at radius 2 is 1.50 bits per heavy atom. The van der Waals surface area contributed by atoms with Crippen molar-refractivity contribution >= 4 is 33.4 Å². The van der Waals surface area contributed by atoms with Gasteiger partial charge in [-0.3, -0.25) is 9.59 Å². The molecule has 0 aliphatic heterocycles. The molecule has 28 heavy (non-hydrogen) atoms. The summed E-state index contributed by atoms with van der Waals surface area (Å²) in [5.74, 6) is -1.37. The molecule has 0 spiro atoms. The zero-order valence-electron chi connectivity index (χ0n) is 15.4. The molecule has 2 N–H and O–H groups in total. The highest BCUT2D eigenvalue weighted by atomic mass is 32.2. The molecule has 0 bridgehead atoms. The summed E-state index contributed by atoms with van der Waals surface area (Å²) in [6.45, 7) is 2.82. The van der Waals surface area contributed by atoms with E-state index in [1.54, 1.807) is 19.1 Å². The van der Waals surface area contributed by atoms with Gasteiger partial charge in [0.05, 0.1) is 10.5 Å². The smallest absolute Gasteiger partial charge is 0.338 e. The predicted octanol–water partition coefficient (Wildman–Crippen LogP) is 1.98. The summed E-state index contributed by atoms with van der Waals surface area (Å²) in [5, 5.41) is 2.58. The molecular formula is C19H20N2O6S. The highest BCUT2D eigenvalue weighted by Gasteiger charge is 2.15. The summed E-state index contributed by atoms with van der Waals surface area (Å²) in [5.41, 5.74) is 1.01. The van der Waals surface area contributed by atoms with Crippen molar-refractivity contribution in [3.8, 4) is 0 Å². The van der Waals surface area contributed by atoms with E-state index in [4.69, 9.17) is 4.74 Å². The van der Waals surface area contributed by atoms with Gasteiger partial charge in [0.2, 0.25) is 15.9 Å². The van der Waals surface area contributed by atoms with Gasteiger partial charge in [0.15, 0.2) is 12.4 Å². The Bertz CT molecular complexity index is 966. The first kappa shape index (κ1) is 21.3. The summed E-state index contributed by atoms with van der Waals surface area (Å²) in [6, 6.07) is 11.4. The van der Waals surface area contributed by atoms with Crippen LogP contribution in [0.1, 0.15) is 34.6 Å². The van der Waals surface area contributed by atoms with Crippen molar-refractivity contribution in [1.82, 2.24) is 4.72 Å². The molecule has 0 radical (unpaired) electrons. The van der Waals surface area contributed by atoms with E-state index >= 15 is 0 Å². The molecule has 1 amide bonds. The number of ether oxygens (including phenoxy) is 1. The number of ketones is 1. The first-order valence-corrected chi connectivity index (χ1v) is 9.89. The largest absolute Gasteiger partial charge is 0.454 e. The van der Waals surface area contributed by atoms with Crippen molar-refractivity contribution in [2.75, 3.05) is 18.5 Å². The van der Waals surface area contributed by atoms with Gasteiger partial charge in [-0.25, -0.2) is 17.9 Å². The molecule has 9 heteroatoms. The topological polar surface area (TPSA) is 119 Å². The molecular weight excluding hydrogens is 384 g/mol. The van der Waals surface area contributed by atoms with Crippen molar-refractivity contribution in [3.63, 3.8) is 0 Å². The summed E-state index contributed by atoms with van der Waals surface area (Å²) in [6.07, 6.45) is 0. The lowest BCUT2D eigenvalue weighted by Crippen LogP contribution is -2.23. The molecule has 0 heterocycles. The van der Waals surface area contributed by atoms with Crippen LogP contribution in [0.5, 0.6) is 0 Å². The van der Waals surface area contributed by atoms with Gasteiger partial charge in [-0.05, 0) is 48.5 Å². The third-order valence-corrected chi connectivity index (χ3v) is 5.16. The molecule has 2 aromatic carbocycles. The SMILES string of the molecule is CCNS(=O)(=O)c1ccc(C(=O)OCC(=O)c2ccc(NC(C)=O)cc2)cc1. The molecule has 2 aromatic rings. The quantitative estimate of drug-likeness (QED) is 0.513. The van der Waals surface area contributed by atoms with Crippen LogP contribution in [-0.2, 0) is 19.6 Å². The normalized spacial score (nSPS) is 10.9. The van der Waals surface area contributed by atoms with Crippen molar-refractivity contribution in [3.05, 3.63) is 59.7 Å². The Morgan fingerprint density at radius 3 is 2.04 bits per heavy atom. The van der Waals surface area contributed by atoms with Gasteiger partial charge in [0, 0.05) is 24.7 Å². The summed E-state index contributed by atoms with van der Waals surface area (Å²) in [4.78, 5) is 35.2. The molecule has 0 aliphatic rings. The number of carbonyl (C=O) groups excluding carboxylic acids is 3. The first-order chi connectivity index (χ1) is 13.2. The van der Waals surface area contributed by atoms with Gasteiger partial charge >= 0.3 is 5.97 Å². The van der Waals surface area contributed by atoms with Crippen molar-refractivity contribution in [1.29, 1.82) is 0 Å². The third-order valence-electron chi connectivity index (χ3n) is 3.60. The summed E-state index contributed by atoms with van der Waals surface area (Å²) in [7, 11) is -3.61. The van der Waals surface area contributed by atoms with Crippen LogP contribution in [0.3, 0.4) is 0 Å². The molecule has 0 saturated heterocycles. The second-order valence-electron chi connectivity index (χ2n) is 5.78. The van der Waals surface area contributed by atoms with Crippen LogP contribution in [0.4, 0.5) is 5.69 Å². The molecule has 0 atom stereocenters. The van der Waals surface area contributed by atoms with E-state index in [0.29, 0.717) is 11.3 Å². The fourth-order valence-electron chi connectivity index (χ4n) is 2.28. The van der Waals surface area contributed by atoms with E-state index < -0.39 is 28.4 Å². The zero-order valence-corrected chi connectivity index (χ0v) is 16.2. The average Bonchev–Trinajstić information content (AvgIpc) is 2.66. The second kappa shape index (κ2) is 9.25. The minimum atomic E-state index is -3.61. The van der Waals surface area contributed by atoms with Crippen LogP contribution >= 0.6 is 0 Å². The summed E-state index contributed by atoms with van der Waals surface area (Å²) >= 11 is 0. The number of benzene rings is 2. The van der Waals surface area contributed by atoms with Crippen molar-refractivity contribution in [2.24, 2.45) is 0 Å². The van der Waals surface area contributed by atoms with Gasteiger partial charge in [0.1, 0.15) is 0 Å². The van der Waals surface area contributed by atoms with E-state index in [2.05, 4.69) is 10.0 Å². The minimum Gasteiger partial charge on any atom is -0.454 e.